The molecule has 1 aliphatic rings. The van der Waals surface area contributed by atoms with Crippen LogP contribution in [-0.4, -0.2) is 47.5 Å². The van der Waals surface area contributed by atoms with Crippen LogP contribution < -0.4 is 4.90 Å². The van der Waals surface area contributed by atoms with Gasteiger partial charge in [0.15, 0.2) is 0 Å². The molecule has 2 heterocycles. The molecule has 5 heteroatoms. The van der Waals surface area contributed by atoms with Gasteiger partial charge in [-0.15, -0.1) is 0 Å². The van der Waals surface area contributed by atoms with E-state index in [1.165, 1.54) is 16.6 Å². The van der Waals surface area contributed by atoms with Crippen molar-refractivity contribution in [1.29, 1.82) is 0 Å². The largest absolute Gasteiger partial charge is 0.378 e. The van der Waals surface area contributed by atoms with Gasteiger partial charge in [0.1, 0.15) is 0 Å². The summed E-state index contributed by atoms with van der Waals surface area (Å²) in [6.07, 6.45) is 4.03. The van der Waals surface area contributed by atoms with E-state index in [1.54, 1.807) is 0 Å². The number of aryl methyl sites for hydroxylation is 2. The number of aromatic nitrogens is 2. The average molecular weight is 391 g/mol. The standard InChI is InChI=1S/C24H30N4O/c1-17-12-22-23(13-18(17)2)28(16-25-22)15-19-8-10-27(11-9-19)24(29)20-6-5-7-21(14-20)26(3)4/h5-7,12-14,16,19H,8-11,15H2,1-4H3. The lowest BCUT2D eigenvalue weighted by Gasteiger charge is -2.32. The topological polar surface area (TPSA) is 41.4 Å². The fourth-order valence-electron chi connectivity index (χ4n) is 4.16. The maximum atomic E-state index is 12.9. The first-order valence-electron chi connectivity index (χ1n) is 10.4. The van der Waals surface area contributed by atoms with Gasteiger partial charge >= 0.3 is 0 Å². The second-order valence-corrected chi connectivity index (χ2v) is 8.50. The van der Waals surface area contributed by atoms with E-state index in [2.05, 4.69) is 35.5 Å². The Kier molecular flexibility index (Phi) is 5.31. The minimum Gasteiger partial charge on any atom is -0.378 e. The Hall–Kier alpha value is -2.82. The Morgan fingerprint density at radius 1 is 1.10 bits per heavy atom. The van der Waals surface area contributed by atoms with Crippen molar-refractivity contribution in [1.82, 2.24) is 14.5 Å². The summed E-state index contributed by atoms with van der Waals surface area (Å²) in [5.41, 5.74) is 6.71. The molecule has 4 rings (SSSR count). The zero-order chi connectivity index (χ0) is 20.5. The molecule has 0 aliphatic carbocycles. The maximum Gasteiger partial charge on any atom is 0.253 e. The van der Waals surface area contributed by atoms with Crippen molar-refractivity contribution >= 4 is 22.6 Å². The third kappa shape index (κ3) is 4.00. The van der Waals surface area contributed by atoms with Crippen LogP contribution >= 0.6 is 0 Å². The van der Waals surface area contributed by atoms with Crippen LogP contribution in [0.1, 0.15) is 34.3 Å². The van der Waals surface area contributed by atoms with E-state index < -0.39 is 0 Å². The molecule has 29 heavy (non-hydrogen) atoms. The van der Waals surface area contributed by atoms with Gasteiger partial charge in [0.25, 0.3) is 5.91 Å². The molecule has 0 N–H and O–H groups in total. The molecular weight excluding hydrogens is 360 g/mol. The molecule has 152 valence electrons. The van der Waals surface area contributed by atoms with E-state index in [9.17, 15) is 4.79 Å². The zero-order valence-electron chi connectivity index (χ0n) is 17.9. The van der Waals surface area contributed by atoms with Crippen LogP contribution in [-0.2, 0) is 6.54 Å². The predicted octanol–water partition coefficient (Wildman–Crippen LogP) is 4.27. The number of carbonyl (C=O) groups excluding carboxylic acids is 1. The molecule has 1 aliphatic heterocycles. The second-order valence-electron chi connectivity index (χ2n) is 8.50. The van der Waals surface area contributed by atoms with Gasteiger partial charge in [-0.1, -0.05) is 6.07 Å². The predicted molar refractivity (Wildman–Crippen MR) is 119 cm³/mol. The van der Waals surface area contributed by atoms with Crippen molar-refractivity contribution in [2.45, 2.75) is 33.2 Å². The minimum atomic E-state index is 0.145. The fourth-order valence-corrected chi connectivity index (χ4v) is 4.16. The summed E-state index contributed by atoms with van der Waals surface area (Å²) in [4.78, 5) is 21.6. The van der Waals surface area contributed by atoms with E-state index in [-0.39, 0.29) is 5.91 Å². The first-order chi connectivity index (χ1) is 13.9. The molecule has 1 amide bonds. The molecule has 2 aromatic carbocycles. The number of rotatable bonds is 4. The van der Waals surface area contributed by atoms with Crippen LogP contribution in [0.15, 0.2) is 42.7 Å². The first kappa shape index (κ1) is 19.5. The van der Waals surface area contributed by atoms with Crippen molar-refractivity contribution in [2.24, 2.45) is 5.92 Å². The lowest BCUT2D eigenvalue weighted by molar-refractivity contribution is 0.0683. The van der Waals surface area contributed by atoms with Gasteiger partial charge in [-0.05, 0) is 74.1 Å². The number of fused-ring (bicyclic) bond motifs is 1. The number of anilines is 1. The van der Waals surface area contributed by atoms with E-state index in [4.69, 9.17) is 0 Å². The lowest BCUT2D eigenvalue weighted by atomic mass is 9.96. The number of hydrogen-bond donors (Lipinski definition) is 0. The lowest BCUT2D eigenvalue weighted by Crippen LogP contribution is -2.39. The quantitative estimate of drug-likeness (QED) is 0.668. The van der Waals surface area contributed by atoms with Gasteiger partial charge in [0, 0.05) is 45.0 Å². The first-order valence-corrected chi connectivity index (χ1v) is 10.4. The van der Waals surface area contributed by atoms with Gasteiger partial charge in [-0.2, -0.15) is 0 Å². The smallest absolute Gasteiger partial charge is 0.253 e. The molecule has 1 saturated heterocycles. The van der Waals surface area contributed by atoms with Gasteiger partial charge in [-0.25, -0.2) is 4.98 Å². The maximum absolute atomic E-state index is 12.9. The monoisotopic (exact) mass is 390 g/mol. The second kappa shape index (κ2) is 7.90. The molecule has 0 radical (unpaired) electrons. The molecule has 0 atom stereocenters. The highest BCUT2D eigenvalue weighted by Gasteiger charge is 2.24. The van der Waals surface area contributed by atoms with Crippen LogP contribution in [0.5, 0.6) is 0 Å². The molecular formula is C24H30N4O. The van der Waals surface area contributed by atoms with Crippen molar-refractivity contribution in [2.75, 3.05) is 32.1 Å². The van der Waals surface area contributed by atoms with Crippen LogP contribution in [0, 0.1) is 19.8 Å². The number of nitrogens with zero attached hydrogens (tertiary/aromatic N) is 4. The normalized spacial score (nSPS) is 15.1. The third-order valence-electron chi connectivity index (χ3n) is 6.20. The molecule has 0 spiro atoms. The molecule has 1 fully saturated rings. The summed E-state index contributed by atoms with van der Waals surface area (Å²) in [6.45, 7) is 6.90. The SMILES string of the molecule is Cc1cc2ncn(CC3CCN(C(=O)c4cccc(N(C)C)c4)CC3)c2cc1C. The van der Waals surface area contributed by atoms with E-state index in [0.29, 0.717) is 5.92 Å². The Labute approximate surface area is 172 Å². The fraction of sp³-hybridized carbons (Fsp3) is 0.417. The van der Waals surface area contributed by atoms with E-state index >= 15 is 0 Å². The summed E-state index contributed by atoms with van der Waals surface area (Å²) >= 11 is 0. The third-order valence-corrected chi connectivity index (χ3v) is 6.20. The van der Waals surface area contributed by atoms with Gasteiger partial charge < -0.3 is 14.4 Å². The number of imidazole rings is 1. The van der Waals surface area contributed by atoms with Crippen molar-refractivity contribution in [3.05, 3.63) is 59.4 Å². The summed E-state index contributed by atoms with van der Waals surface area (Å²) in [5, 5.41) is 0. The highest BCUT2D eigenvalue weighted by atomic mass is 16.2. The van der Waals surface area contributed by atoms with Crippen molar-refractivity contribution in [3.63, 3.8) is 0 Å². The number of piperidine rings is 1. The molecule has 3 aromatic rings. The zero-order valence-corrected chi connectivity index (χ0v) is 17.9. The van der Waals surface area contributed by atoms with Crippen LogP contribution in [0.3, 0.4) is 0 Å². The highest BCUT2D eigenvalue weighted by molar-refractivity contribution is 5.95. The van der Waals surface area contributed by atoms with E-state index in [0.717, 1.165) is 49.2 Å². The molecule has 0 unspecified atom stereocenters. The van der Waals surface area contributed by atoms with Gasteiger partial charge in [0.05, 0.1) is 17.4 Å². The average Bonchev–Trinajstić information content (AvgIpc) is 3.10. The minimum absolute atomic E-state index is 0.145. The summed E-state index contributed by atoms with van der Waals surface area (Å²) in [7, 11) is 4.00. The molecule has 0 saturated carbocycles. The number of benzene rings is 2. The Morgan fingerprint density at radius 2 is 1.83 bits per heavy atom. The summed E-state index contributed by atoms with van der Waals surface area (Å²) < 4.78 is 2.28. The number of carbonyl (C=O) groups is 1. The van der Waals surface area contributed by atoms with E-state index in [1.807, 2.05) is 54.5 Å². The highest BCUT2D eigenvalue weighted by Crippen LogP contribution is 2.25. The van der Waals surface area contributed by atoms with Crippen molar-refractivity contribution < 1.29 is 4.79 Å². The van der Waals surface area contributed by atoms with Crippen LogP contribution in [0.25, 0.3) is 11.0 Å². The summed E-state index contributed by atoms with van der Waals surface area (Å²) in [5.74, 6) is 0.720. The molecule has 0 bridgehead atoms. The molecule has 1 aromatic heterocycles. The molecule has 5 nitrogen and oxygen atoms in total. The van der Waals surface area contributed by atoms with Gasteiger partial charge in [0.2, 0.25) is 0 Å². The van der Waals surface area contributed by atoms with Gasteiger partial charge in [-0.3, -0.25) is 4.79 Å². The van der Waals surface area contributed by atoms with Crippen molar-refractivity contribution in [3.8, 4) is 0 Å². The summed E-state index contributed by atoms with van der Waals surface area (Å²) in [6, 6.07) is 12.3. The Morgan fingerprint density at radius 3 is 2.55 bits per heavy atom. The Bertz CT molecular complexity index is 1030. The van der Waals surface area contributed by atoms with Crippen LogP contribution in [0.4, 0.5) is 5.69 Å². The Balaban J connectivity index is 1.40. The van der Waals surface area contributed by atoms with Crippen LogP contribution in [0.2, 0.25) is 0 Å². The number of likely N-dealkylation sites (tertiary alicyclic amines) is 1. The number of hydrogen-bond acceptors (Lipinski definition) is 3. The number of amides is 1.